The van der Waals surface area contributed by atoms with E-state index in [1.807, 2.05) is 0 Å². The number of aliphatic hydroxyl groups is 5. The van der Waals surface area contributed by atoms with Crippen LogP contribution in [0.2, 0.25) is 0 Å². The number of ketones is 2. The van der Waals surface area contributed by atoms with Crippen molar-refractivity contribution in [3.8, 4) is 0 Å². The summed E-state index contributed by atoms with van der Waals surface area (Å²) in [4.78, 5) is 23.4. The normalized spacial score (nSPS) is 17.1. The minimum atomic E-state index is -2.20. The van der Waals surface area contributed by atoms with Crippen molar-refractivity contribution in [3.63, 3.8) is 0 Å². The molecule has 0 amide bonds. The summed E-state index contributed by atoms with van der Waals surface area (Å²) in [6.45, 7) is -0.869. The molecular formula is C13H16O7. The zero-order valence-corrected chi connectivity index (χ0v) is 10.5. The van der Waals surface area contributed by atoms with E-state index < -0.39 is 42.6 Å². The second kappa shape index (κ2) is 7.22. The molecule has 0 saturated carbocycles. The molecule has 0 spiro atoms. The molecule has 4 atom stereocenters. The van der Waals surface area contributed by atoms with E-state index in [-0.39, 0.29) is 5.56 Å². The van der Waals surface area contributed by atoms with Crippen LogP contribution in [0.4, 0.5) is 0 Å². The molecule has 4 unspecified atom stereocenters. The molecule has 1 aromatic carbocycles. The smallest absolute Gasteiger partial charge is 0.234 e. The Morgan fingerprint density at radius 1 is 0.950 bits per heavy atom. The van der Waals surface area contributed by atoms with Gasteiger partial charge in [-0.1, -0.05) is 30.3 Å². The van der Waals surface area contributed by atoms with Crippen molar-refractivity contribution in [3.05, 3.63) is 35.9 Å². The van der Waals surface area contributed by atoms with Crippen molar-refractivity contribution in [1.29, 1.82) is 0 Å². The monoisotopic (exact) mass is 284 g/mol. The number of benzene rings is 1. The van der Waals surface area contributed by atoms with Gasteiger partial charge < -0.3 is 25.5 Å². The number of aliphatic hydroxyl groups excluding tert-OH is 5. The first kappa shape index (κ1) is 16.4. The summed E-state index contributed by atoms with van der Waals surface area (Å²) in [5, 5.41) is 46.2. The molecule has 20 heavy (non-hydrogen) atoms. The maximum atomic E-state index is 11.7. The number of hydrogen-bond donors (Lipinski definition) is 5. The van der Waals surface area contributed by atoms with Crippen LogP contribution in [-0.2, 0) is 4.79 Å². The standard InChI is InChI=1S/C13H16O7/c14-6-8(15)10(17)12(19)13(20)11(18)9(16)7-4-2-1-3-5-7/h1-5,8,10,12-15,17,19-20H,6H2. The second-order valence-electron chi connectivity index (χ2n) is 4.24. The lowest BCUT2D eigenvalue weighted by Gasteiger charge is -2.24. The molecule has 0 fully saturated rings. The molecule has 0 aliphatic rings. The molecule has 0 saturated heterocycles. The maximum absolute atomic E-state index is 11.7. The molecular weight excluding hydrogens is 268 g/mol. The zero-order chi connectivity index (χ0) is 15.3. The SMILES string of the molecule is O=C(C(=O)C(O)C(O)C(O)C(O)CO)c1ccccc1. The molecule has 5 N–H and O–H groups in total. The fourth-order valence-corrected chi connectivity index (χ4v) is 1.54. The second-order valence-corrected chi connectivity index (χ2v) is 4.24. The van der Waals surface area contributed by atoms with Gasteiger partial charge in [0.1, 0.15) is 24.4 Å². The quantitative estimate of drug-likeness (QED) is 0.285. The Morgan fingerprint density at radius 2 is 1.50 bits per heavy atom. The van der Waals surface area contributed by atoms with E-state index in [4.69, 9.17) is 10.2 Å². The number of hydrogen-bond acceptors (Lipinski definition) is 7. The third-order valence-corrected chi connectivity index (χ3v) is 2.78. The van der Waals surface area contributed by atoms with Crippen molar-refractivity contribution in [2.45, 2.75) is 24.4 Å². The Bertz CT molecular complexity index is 459. The van der Waals surface area contributed by atoms with E-state index in [1.165, 1.54) is 24.3 Å². The fourth-order valence-electron chi connectivity index (χ4n) is 1.54. The van der Waals surface area contributed by atoms with Gasteiger partial charge in [0.05, 0.1) is 6.61 Å². The Morgan fingerprint density at radius 3 is 2.00 bits per heavy atom. The van der Waals surface area contributed by atoms with Crippen molar-refractivity contribution in [2.75, 3.05) is 6.61 Å². The first-order valence-electron chi connectivity index (χ1n) is 5.86. The highest BCUT2D eigenvalue weighted by molar-refractivity contribution is 6.45. The van der Waals surface area contributed by atoms with Gasteiger partial charge in [-0.05, 0) is 0 Å². The first-order valence-corrected chi connectivity index (χ1v) is 5.86. The largest absolute Gasteiger partial charge is 0.394 e. The van der Waals surface area contributed by atoms with Crippen molar-refractivity contribution in [2.24, 2.45) is 0 Å². The van der Waals surface area contributed by atoms with E-state index in [9.17, 15) is 24.9 Å². The summed E-state index contributed by atoms with van der Waals surface area (Å²) >= 11 is 0. The van der Waals surface area contributed by atoms with Crippen molar-refractivity contribution in [1.82, 2.24) is 0 Å². The van der Waals surface area contributed by atoms with Crippen LogP contribution in [0.1, 0.15) is 10.4 Å². The van der Waals surface area contributed by atoms with Gasteiger partial charge in [0.15, 0.2) is 0 Å². The van der Waals surface area contributed by atoms with Gasteiger partial charge in [0.25, 0.3) is 0 Å². The number of carbonyl (C=O) groups is 2. The summed E-state index contributed by atoms with van der Waals surface area (Å²) in [6, 6.07) is 7.39. The average molecular weight is 284 g/mol. The van der Waals surface area contributed by atoms with Crippen molar-refractivity contribution < 1.29 is 35.1 Å². The summed E-state index contributed by atoms with van der Waals surface area (Å²) < 4.78 is 0. The van der Waals surface area contributed by atoms with Crippen LogP contribution in [-0.4, -0.2) is 68.1 Å². The van der Waals surface area contributed by atoms with Crippen LogP contribution in [0.5, 0.6) is 0 Å². The Hall–Kier alpha value is -1.64. The topological polar surface area (TPSA) is 135 Å². The Balaban J connectivity index is 2.79. The van der Waals surface area contributed by atoms with Gasteiger partial charge in [0, 0.05) is 5.56 Å². The van der Waals surface area contributed by atoms with Crippen LogP contribution in [0.25, 0.3) is 0 Å². The van der Waals surface area contributed by atoms with Crippen LogP contribution in [0.3, 0.4) is 0 Å². The summed E-state index contributed by atoms with van der Waals surface area (Å²) in [6.07, 6.45) is -7.97. The lowest BCUT2D eigenvalue weighted by Crippen LogP contribution is -2.50. The zero-order valence-electron chi connectivity index (χ0n) is 10.5. The van der Waals surface area contributed by atoms with Crippen LogP contribution < -0.4 is 0 Å². The van der Waals surface area contributed by atoms with Crippen LogP contribution >= 0.6 is 0 Å². The van der Waals surface area contributed by atoms with Crippen LogP contribution in [0.15, 0.2) is 30.3 Å². The predicted octanol–water partition coefficient (Wildman–Crippen LogP) is -2.13. The van der Waals surface area contributed by atoms with E-state index in [0.29, 0.717) is 0 Å². The third kappa shape index (κ3) is 3.69. The molecule has 110 valence electrons. The molecule has 0 bridgehead atoms. The highest BCUT2D eigenvalue weighted by Gasteiger charge is 2.36. The minimum Gasteiger partial charge on any atom is -0.394 e. The van der Waals surface area contributed by atoms with Gasteiger partial charge >= 0.3 is 0 Å². The lowest BCUT2D eigenvalue weighted by atomic mass is 9.96. The molecule has 0 aromatic heterocycles. The van der Waals surface area contributed by atoms with E-state index in [2.05, 4.69) is 0 Å². The Labute approximate surface area is 114 Å². The van der Waals surface area contributed by atoms with Crippen molar-refractivity contribution >= 4 is 11.6 Å². The van der Waals surface area contributed by atoms with Crippen LogP contribution in [0, 0.1) is 0 Å². The van der Waals surface area contributed by atoms with E-state index in [0.717, 1.165) is 0 Å². The molecule has 0 aliphatic carbocycles. The Kier molecular flexibility index (Phi) is 5.93. The number of carbonyl (C=O) groups excluding carboxylic acids is 2. The van der Waals surface area contributed by atoms with Gasteiger partial charge in [-0.25, -0.2) is 0 Å². The summed E-state index contributed by atoms with van der Waals surface area (Å²) in [5.41, 5.74) is 0.0287. The minimum absolute atomic E-state index is 0.0287. The van der Waals surface area contributed by atoms with Gasteiger partial charge in [-0.2, -0.15) is 0 Å². The van der Waals surface area contributed by atoms with Gasteiger partial charge in [-0.3, -0.25) is 9.59 Å². The fraction of sp³-hybridized carbons (Fsp3) is 0.385. The molecule has 0 heterocycles. The van der Waals surface area contributed by atoms with E-state index in [1.54, 1.807) is 6.07 Å². The van der Waals surface area contributed by atoms with E-state index >= 15 is 0 Å². The first-order chi connectivity index (χ1) is 9.40. The molecule has 0 aliphatic heterocycles. The van der Waals surface area contributed by atoms with Gasteiger partial charge in [0.2, 0.25) is 11.6 Å². The average Bonchev–Trinajstić information content (AvgIpc) is 2.51. The lowest BCUT2D eigenvalue weighted by molar-refractivity contribution is -0.142. The molecule has 7 heteroatoms. The molecule has 1 rings (SSSR count). The maximum Gasteiger partial charge on any atom is 0.234 e. The predicted molar refractivity (Wildman–Crippen MR) is 66.9 cm³/mol. The molecule has 1 aromatic rings. The summed E-state index contributed by atoms with van der Waals surface area (Å²) in [5.74, 6) is -2.34. The van der Waals surface area contributed by atoms with Gasteiger partial charge in [-0.15, -0.1) is 0 Å². The molecule has 7 nitrogen and oxygen atoms in total. The third-order valence-electron chi connectivity index (χ3n) is 2.78. The number of Topliss-reactive ketones (excluding diaryl/α,β-unsaturated/α-hetero) is 2. The molecule has 0 radical (unpaired) electrons. The summed E-state index contributed by atoms with van der Waals surface area (Å²) in [7, 11) is 0. The number of rotatable bonds is 7. The highest BCUT2D eigenvalue weighted by Crippen LogP contribution is 2.09. The highest BCUT2D eigenvalue weighted by atomic mass is 16.4.